The number of aliphatic hydroxyl groups is 1. The molecular formula is C23H26FN3O4. The molecule has 1 saturated heterocycles. The quantitative estimate of drug-likeness (QED) is 0.396. The SMILES string of the molecule is CCN(CC)CCN1C(=O)C(=O)/C(=C(/O)c2cc(F)ccc2OC)C1c1cccnc1. The van der Waals surface area contributed by atoms with E-state index in [1.165, 1.54) is 24.1 Å². The summed E-state index contributed by atoms with van der Waals surface area (Å²) >= 11 is 0. The van der Waals surface area contributed by atoms with Crippen LogP contribution < -0.4 is 4.74 Å². The van der Waals surface area contributed by atoms with Gasteiger partial charge in [0.05, 0.1) is 24.3 Å². The van der Waals surface area contributed by atoms with Crippen LogP contribution in [-0.4, -0.2) is 64.9 Å². The number of Topliss-reactive ketones (excluding diaryl/α,β-unsaturated/α-hetero) is 1. The Bertz CT molecular complexity index is 990. The van der Waals surface area contributed by atoms with Crippen molar-refractivity contribution in [1.29, 1.82) is 0 Å². The highest BCUT2D eigenvalue weighted by Crippen LogP contribution is 2.40. The first-order chi connectivity index (χ1) is 14.9. The van der Waals surface area contributed by atoms with Crippen molar-refractivity contribution in [2.75, 3.05) is 33.3 Å². The van der Waals surface area contributed by atoms with E-state index in [-0.39, 0.29) is 16.9 Å². The van der Waals surface area contributed by atoms with E-state index in [1.807, 2.05) is 13.8 Å². The molecular weight excluding hydrogens is 401 g/mol. The molecule has 0 bridgehead atoms. The third kappa shape index (κ3) is 4.44. The van der Waals surface area contributed by atoms with Gasteiger partial charge in [-0.25, -0.2) is 4.39 Å². The molecule has 1 unspecified atom stereocenters. The number of carbonyl (C=O) groups excluding carboxylic acids is 2. The second-order valence-corrected chi connectivity index (χ2v) is 7.15. The Morgan fingerprint density at radius 3 is 2.61 bits per heavy atom. The van der Waals surface area contributed by atoms with Gasteiger partial charge >= 0.3 is 0 Å². The molecule has 1 aromatic carbocycles. The van der Waals surface area contributed by atoms with Crippen molar-refractivity contribution in [2.45, 2.75) is 19.9 Å². The molecule has 0 aliphatic carbocycles. The lowest BCUT2D eigenvalue weighted by Crippen LogP contribution is -2.38. The number of pyridine rings is 1. The van der Waals surface area contributed by atoms with E-state index in [9.17, 15) is 19.1 Å². The standard InChI is InChI=1S/C23H26FN3O4/c1-4-26(5-2)11-12-27-20(15-7-6-10-25-14-15)19(22(29)23(27)30)21(28)17-13-16(24)8-9-18(17)31-3/h6-10,13-14,20,28H,4-5,11-12H2,1-3H3/b21-19+. The van der Waals surface area contributed by atoms with Crippen molar-refractivity contribution in [3.63, 3.8) is 0 Å². The van der Waals surface area contributed by atoms with Gasteiger partial charge in [-0.2, -0.15) is 0 Å². The maximum Gasteiger partial charge on any atom is 0.295 e. The van der Waals surface area contributed by atoms with Gasteiger partial charge in [0, 0.05) is 25.5 Å². The van der Waals surface area contributed by atoms with Crippen molar-refractivity contribution in [1.82, 2.24) is 14.8 Å². The van der Waals surface area contributed by atoms with Crippen molar-refractivity contribution >= 4 is 17.4 Å². The summed E-state index contributed by atoms with van der Waals surface area (Å²) in [7, 11) is 1.38. The third-order valence-electron chi connectivity index (χ3n) is 5.51. The fraction of sp³-hybridized carbons (Fsp3) is 0.348. The van der Waals surface area contributed by atoms with E-state index in [1.54, 1.807) is 24.5 Å². The largest absolute Gasteiger partial charge is 0.507 e. The number of methoxy groups -OCH3 is 1. The van der Waals surface area contributed by atoms with E-state index in [2.05, 4.69) is 9.88 Å². The molecule has 1 amide bonds. The van der Waals surface area contributed by atoms with E-state index in [0.717, 1.165) is 19.2 Å². The summed E-state index contributed by atoms with van der Waals surface area (Å²) < 4.78 is 19.2. The number of rotatable bonds is 8. The first-order valence-electron chi connectivity index (χ1n) is 10.2. The Labute approximate surface area is 180 Å². The van der Waals surface area contributed by atoms with E-state index in [4.69, 9.17) is 4.74 Å². The molecule has 31 heavy (non-hydrogen) atoms. The second kappa shape index (κ2) is 9.70. The fourth-order valence-corrected chi connectivity index (χ4v) is 3.79. The van der Waals surface area contributed by atoms with E-state index < -0.39 is 29.3 Å². The average molecular weight is 427 g/mol. The van der Waals surface area contributed by atoms with Gasteiger partial charge in [-0.3, -0.25) is 14.6 Å². The third-order valence-corrected chi connectivity index (χ3v) is 5.51. The van der Waals surface area contributed by atoms with Crippen LogP contribution in [0, 0.1) is 5.82 Å². The number of likely N-dealkylation sites (N-methyl/N-ethyl adjacent to an activating group) is 1. The van der Waals surface area contributed by atoms with Crippen LogP contribution in [0.5, 0.6) is 5.75 Å². The lowest BCUT2D eigenvalue weighted by molar-refractivity contribution is -0.140. The van der Waals surface area contributed by atoms with Crippen LogP contribution in [0.2, 0.25) is 0 Å². The van der Waals surface area contributed by atoms with Crippen LogP contribution in [0.25, 0.3) is 5.76 Å². The molecule has 164 valence electrons. The number of benzene rings is 1. The number of halogens is 1. The van der Waals surface area contributed by atoms with Crippen LogP contribution in [0.3, 0.4) is 0 Å². The summed E-state index contributed by atoms with van der Waals surface area (Å²) in [6.07, 6.45) is 3.14. The zero-order valence-electron chi connectivity index (χ0n) is 17.8. The number of ketones is 1. The highest BCUT2D eigenvalue weighted by molar-refractivity contribution is 6.46. The maximum absolute atomic E-state index is 13.9. The minimum atomic E-state index is -0.836. The van der Waals surface area contributed by atoms with Gasteiger partial charge in [0.2, 0.25) is 0 Å². The Morgan fingerprint density at radius 1 is 1.26 bits per heavy atom. The Balaban J connectivity index is 2.14. The fourth-order valence-electron chi connectivity index (χ4n) is 3.79. The lowest BCUT2D eigenvalue weighted by atomic mass is 9.96. The summed E-state index contributed by atoms with van der Waals surface area (Å²) in [5.74, 6) is -2.42. The second-order valence-electron chi connectivity index (χ2n) is 7.15. The number of ether oxygens (including phenoxy) is 1. The van der Waals surface area contributed by atoms with Crippen molar-refractivity contribution in [2.24, 2.45) is 0 Å². The average Bonchev–Trinajstić information content (AvgIpc) is 3.04. The monoisotopic (exact) mass is 427 g/mol. The molecule has 1 atom stereocenters. The molecule has 1 aliphatic rings. The Kier molecular flexibility index (Phi) is 7.02. The normalized spacial score (nSPS) is 18.1. The topological polar surface area (TPSA) is 83.0 Å². The molecule has 8 heteroatoms. The highest BCUT2D eigenvalue weighted by atomic mass is 19.1. The first-order valence-corrected chi connectivity index (χ1v) is 10.2. The molecule has 2 heterocycles. The Morgan fingerprint density at radius 2 is 2.00 bits per heavy atom. The Hall–Kier alpha value is -3.26. The number of amides is 1. The van der Waals surface area contributed by atoms with E-state index in [0.29, 0.717) is 18.7 Å². The molecule has 3 rings (SSSR count). The summed E-state index contributed by atoms with van der Waals surface area (Å²) in [6, 6.07) is 6.23. The van der Waals surface area contributed by atoms with Crippen LogP contribution in [0.4, 0.5) is 4.39 Å². The number of nitrogens with zero attached hydrogens (tertiary/aromatic N) is 3. The van der Waals surface area contributed by atoms with Crippen LogP contribution in [-0.2, 0) is 9.59 Å². The van der Waals surface area contributed by atoms with Crippen molar-refractivity contribution < 1.29 is 23.8 Å². The molecule has 1 aromatic heterocycles. The zero-order valence-corrected chi connectivity index (χ0v) is 17.8. The number of aromatic nitrogens is 1. The summed E-state index contributed by atoms with van der Waals surface area (Å²) in [5, 5.41) is 11.1. The number of likely N-dealkylation sites (tertiary alicyclic amines) is 1. The van der Waals surface area contributed by atoms with Gasteiger partial charge in [0.1, 0.15) is 17.3 Å². The lowest BCUT2D eigenvalue weighted by Gasteiger charge is -2.28. The molecule has 1 aliphatic heterocycles. The minimum absolute atomic E-state index is 0.0122. The molecule has 0 saturated carbocycles. The number of hydrogen-bond donors (Lipinski definition) is 1. The van der Waals surface area contributed by atoms with Gasteiger partial charge in [0.15, 0.2) is 0 Å². The van der Waals surface area contributed by atoms with Gasteiger partial charge in [0.25, 0.3) is 11.7 Å². The van der Waals surface area contributed by atoms with Gasteiger partial charge in [-0.1, -0.05) is 19.9 Å². The molecule has 0 spiro atoms. The predicted octanol–water partition coefficient (Wildman–Crippen LogP) is 2.99. The zero-order chi connectivity index (χ0) is 22.5. The summed E-state index contributed by atoms with van der Waals surface area (Å²) in [5.41, 5.74) is 0.484. The minimum Gasteiger partial charge on any atom is -0.507 e. The van der Waals surface area contributed by atoms with Crippen LogP contribution in [0.15, 0.2) is 48.3 Å². The highest BCUT2D eigenvalue weighted by Gasteiger charge is 2.46. The van der Waals surface area contributed by atoms with Gasteiger partial charge < -0.3 is 19.6 Å². The maximum atomic E-state index is 13.9. The van der Waals surface area contributed by atoms with Crippen molar-refractivity contribution in [3.05, 3.63) is 65.2 Å². The molecule has 7 nitrogen and oxygen atoms in total. The molecule has 1 fully saturated rings. The number of carbonyl (C=O) groups is 2. The van der Waals surface area contributed by atoms with Crippen LogP contribution >= 0.6 is 0 Å². The van der Waals surface area contributed by atoms with Gasteiger partial charge in [-0.15, -0.1) is 0 Å². The van der Waals surface area contributed by atoms with Gasteiger partial charge in [-0.05, 0) is 42.9 Å². The molecule has 1 N–H and O–H groups in total. The number of hydrogen-bond acceptors (Lipinski definition) is 6. The molecule has 2 aromatic rings. The molecule has 0 radical (unpaired) electrons. The summed E-state index contributed by atoms with van der Waals surface area (Å²) in [4.78, 5) is 33.6. The van der Waals surface area contributed by atoms with Crippen molar-refractivity contribution in [3.8, 4) is 5.75 Å². The van der Waals surface area contributed by atoms with Crippen LogP contribution in [0.1, 0.15) is 31.0 Å². The smallest absolute Gasteiger partial charge is 0.295 e. The number of aliphatic hydroxyl groups excluding tert-OH is 1. The summed E-state index contributed by atoms with van der Waals surface area (Å²) in [6.45, 7) is 6.51. The first kappa shape index (κ1) is 22.4. The predicted molar refractivity (Wildman–Crippen MR) is 114 cm³/mol. The van der Waals surface area contributed by atoms with E-state index >= 15 is 0 Å².